The minimum Gasteiger partial charge on any atom is -0.439 e. The number of oxazole rings is 1. The molecule has 0 aliphatic carbocycles. The van der Waals surface area contributed by atoms with Gasteiger partial charge < -0.3 is 9.73 Å². The van der Waals surface area contributed by atoms with E-state index in [0.717, 1.165) is 62.7 Å². The van der Waals surface area contributed by atoms with Gasteiger partial charge in [0.25, 0.3) is 0 Å². The van der Waals surface area contributed by atoms with Crippen LogP contribution in [0, 0.1) is 0 Å². The molecule has 0 saturated carbocycles. The summed E-state index contributed by atoms with van der Waals surface area (Å²) in [5, 5.41) is 2.93. The fourth-order valence-electron chi connectivity index (χ4n) is 2.81. The lowest BCUT2D eigenvalue weighted by atomic mass is 10.3. The maximum atomic E-state index is 11.8. The predicted molar refractivity (Wildman–Crippen MR) is 89.0 cm³/mol. The molecule has 1 aromatic carbocycles. The van der Waals surface area contributed by atoms with E-state index in [1.165, 1.54) is 0 Å². The van der Waals surface area contributed by atoms with Gasteiger partial charge in [0.1, 0.15) is 5.52 Å². The van der Waals surface area contributed by atoms with Crippen LogP contribution in [-0.2, 0) is 11.3 Å². The molecule has 1 aromatic heterocycles. The molecule has 0 bridgehead atoms. The number of hydrogen-bond donors (Lipinski definition) is 1. The summed E-state index contributed by atoms with van der Waals surface area (Å²) in [4.78, 5) is 20.8. The van der Waals surface area contributed by atoms with Crippen LogP contribution < -0.4 is 5.32 Å². The van der Waals surface area contributed by atoms with Gasteiger partial charge in [0, 0.05) is 32.7 Å². The van der Waals surface area contributed by atoms with Crippen molar-refractivity contribution in [3.63, 3.8) is 0 Å². The fraction of sp³-hybridized carbons (Fsp3) is 0.529. The first kappa shape index (κ1) is 16.0. The van der Waals surface area contributed by atoms with Crippen LogP contribution in [0.5, 0.6) is 0 Å². The highest BCUT2D eigenvalue weighted by Crippen LogP contribution is 2.16. The second kappa shape index (κ2) is 7.57. The van der Waals surface area contributed by atoms with E-state index in [4.69, 9.17) is 4.42 Å². The molecule has 1 aliphatic heterocycles. The summed E-state index contributed by atoms with van der Waals surface area (Å²) in [5.41, 5.74) is 1.75. The summed E-state index contributed by atoms with van der Waals surface area (Å²) in [6.45, 7) is 7.71. The average Bonchev–Trinajstić information content (AvgIpc) is 2.97. The van der Waals surface area contributed by atoms with Crippen LogP contribution in [0.2, 0.25) is 0 Å². The molecule has 2 heterocycles. The first-order valence-corrected chi connectivity index (χ1v) is 8.30. The highest BCUT2D eigenvalue weighted by molar-refractivity contribution is 5.78. The number of rotatable bonds is 6. The van der Waals surface area contributed by atoms with E-state index in [-0.39, 0.29) is 5.91 Å². The number of piperazine rings is 1. The van der Waals surface area contributed by atoms with Crippen molar-refractivity contribution in [2.45, 2.75) is 19.9 Å². The van der Waals surface area contributed by atoms with Crippen molar-refractivity contribution in [1.29, 1.82) is 0 Å². The molecule has 0 atom stereocenters. The normalized spacial score (nSPS) is 16.7. The zero-order valence-corrected chi connectivity index (χ0v) is 13.6. The van der Waals surface area contributed by atoms with Gasteiger partial charge in [0.2, 0.25) is 11.8 Å². The number of hydrogen-bond acceptors (Lipinski definition) is 5. The minimum absolute atomic E-state index is 0.124. The maximum absolute atomic E-state index is 11.8. The van der Waals surface area contributed by atoms with Crippen LogP contribution in [0.15, 0.2) is 28.7 Å². The number of carbonyl (C=O) groups excluding carboxylic acids is 1. The molecule has 0 spiro atoms. The standard InChI is InChI=1S/C17H24N4O2/c1-2-7-18-16(22)12-20-8-10-21(11-9-20)13-17-19-14-5-3-4-6-15(14)23-17/h3-6H,2,7-13H2,1H3,(H,18,22). The molecule has 1 fully saturated rings. The molecule has 1 N–H and O–H groups in total. The SMILES string of the molecule is CCCNC(=O)CN1CCN(Cc2nc3ccccc3o2)CC1. The van der Waals surface area contributed by atoms with E-state index in [9.17, 15) is 4.79 Å². The first-order chi connectivity index (χ1) is 11.2. The molecule has 6 heteroatoms. The maximum Gasteiger partial charge on any atom is 0.234 e. The van der Waals surface area contributed by atoms with E-state index in [1.807, 2.05) is 24.3 Å². The molecule has 0 radical (unpaired) electrons. The number of fused-ring (bicyclic) bond motifs is 1. The summed E-state index contributed by atoms with van der Waals surface area (Å²) in [6.07, 6.45) is 0.976. The Balaban J connectivity index is 1.46. The van der Waals surface area contributed by atoms with Gasteiger partial charge in [-0.15, -0.1) is 0 Å². The van der Waals surface area contributed by atoms with Crippen LogP contribution >= 0.6 is 0 Å². The largest absolute Gasteiger partial charge is 0.439 e. The Labute approximate surface area is 136 Å². The zero-order chi connectivity index (χ0) is 16.1. The van der Waals surface area contributed by atoms with Crippen LogP contribution in [-0.4, -0.2) is 60.0 Å². The number of aromatic nitrogens is 1. The number of carbonyl (C=O) groups is 1. The molecule has 1 aliphatic rings. The zero-order valence-electron chi connectivity index (χ0n) is 13.6. The Morgan fingerprint density at radius 3 is 2.70 bits per heavy atom. The number of nitrogens with one attached hydrogen (secondary N) is 1. The Bertz CT molecular complexity index is 614. The monoisotopic (exact) mass is 316 g/mol. The minimum atomic E-state index is 0.124. The van der Waals surface area contributed by atoms with Gasteiger partial charge in [-0.3, -0.25) is 14.6 Å². The van der Waals surface area contributed by atoms with Crippen molar-refractivity contribution in [3.8, 4) is 0 Å². The lowest BCUT2D eigenvalue weighted by molar-refractivity contribution is -0.122. The summed E-state index contributed by atoms with van der Waals surface area (Å²) >= 11 is 0. The third-order valence-corrected chi connectivity index (χ3v) is 4.10. The van der Waals surface area contributed by atoms with Crippen molar-refractivity contribution >= 4 is 17.0 Å². The lowest BCUT2D eigenvalue weighted by Gasteiger charge is -2.33. The summed E-state index contributed by atoms with van der Waals surface area (Å²) in [7, 11) is 0. The average molecular weight is 316 g/mol. The molecule has 1 amide bonds. The molecule has 23 heavy (non-hydrogen) atoms. The number of amides is 1. The molecular weight excluding hydrogens is 292 g/mol. The summed E-state index contributed by atoms with van der Waals surface area (Å²) in [6, 6.07) is 7.84. The quantitative estimate of drug-likeness (QED) is 0.874. The van der Waals surface area contributed by atoms with Crippen molar-refractivity contribution in [1.82, 2.24) is 20.1 Å². The van der Waals surface area contributed by atoms with Crippen molar-refractivity contribution in [3.05, 3.63) is 30.2 Å². The second-order valence-corrected chi connectivity index (χ2v) is 5.98. The van der Waals surface area contributed by atoms with E-state index in [2.05, 4.69) is 27.0 Å². The Hall–Kier alpha value is -1.92. The summed E-state index contributed by atoms with van der Waals surface area (Å²) in [5.74, 6) is 0.889. The molecule has 1 saturated heterocycles. The van der Waals surface area contributed by atoms with Gasteiger partial charge in [0.05, 0.1) is 13.1 Å². The van der Waals surface area contributed by atoms with Gasteiger partial charge in [-0.05, 0) is 18.6 Å². The van der Waals surface area contributed by atoms with Gasteiger partial charge in [-0.25, -0.2) is 4.98 Å². The predicted octanol–water partition coefficient (Wildman–Crippen LogP) is 1.47. The van der Waals surface area contributed by atoms with Crippen LogP contribution in [0.25, 0.3) is 11.1 Å². The molecule has 124 valence electrons. The third-order valence-electron chi connectivity index (χ3n) is 4.10. The van der Waals surface area contributed by atoms with Crippen LogP contribution in [0.3, 0.4) is 0 Å². The van der Waals surface area contributed by atoms with Gasteiger partial charge in [-0.2, -0.15) is 0 Å². The summed E-state index contributed by atoms with van der Waals surface area (Å²) < 4.78 is 5.78. The van der Waals surface area contributed by atoms with Crippen LogP contribution in [0.1, 0.15) is 19.2 Å². The van der Waals surface area contributed by atoms with E-state index in [1.54, 1.807) is 0 Å². The molecule has 0 unspecified atom stereocenters. The van der Waals surface area contributed by atoms with Crippen molar-refractivity contribution in [2.24, 2.45) is 0 Å². The molecule has 6 nitrogen and oxygen atoms in total. The van der Waals surface area contributed by atoms with E-state index in [0.29, 0.717) is 6.54 Å². The third kappa shape index (κ3) is 4.30. The highest BCUT2D eigenvalue weighted by Gasteiger charge is 2.20. The van der Waals surface area contributed by atoms with E-state index >= 15 is 0 Å². The number of para-hydroxylation sites is 2. The number of benzene rings is 1. The molecular formula is C17H24N4O2. The van der Waals surface area contributed by atoms with Crippen molar-refractivity contribution in [2.75, 3.05) is 39.3 Å². The topological polar surface area (TPSA) is 61.6 Å². The Kier molecular flexibility index (Phi) is 5.25. The Morgan fingerprint density at radius 2 is 1.96 bits per heavy atom. The van der Waals surface area contributed by atoms with Gasteiger partial charge >= 0.3 is 0 Å². The first-order valence-electron chi connectivity index (χ1n) is 8.30. The van der Waals surface area contributed by atoms with Crippen molar-refractivity contribution < 1.29 is 9.21 Å². The highest BCUT2D eigenvalue weighted by atomic mass is 16.3. The van der Waals surface area contributed by atoms with Crippen LogP contribution in [0.4, 0.5) is 0 Å². The van der Waals surface area contributed by atoms with E-state index < -0.39 is 0 Å². The van der Waals surface area contributed by atoms with Gasteiger partial charge in [0.15, 0.2) is 5.58 Å². The smallest absolute Gasteiger partial charge is 0.234 e. The van der Waals surface area contributed by atoms with Gasteiger partial charge in [-0.1, -0.05) is 19.1 Å². The fourth-order valence-corrected chi connectivity index (χ4v) is 2.81. The number of nitrogens with zero attached hydrogens (tertiary/aromatic N) is 3. The molecule has 3 rings (SSSR count). The Morgan fingerprint density at radius 1 is 1.22 bits per heavy atom. The lowest BCUT2D eigenvalue weighted by Crippen LogP contribution is -2.49. The molecule has 2 aromatic rings. The second-order valence-electron chi connectivity index (χ2n) is 5.98.